The molecule has 7 nitrogen and oxygen atoms in total. The maximum absolute atomic E-state index is 12.9. The molecular formula is C26H30Cl2N4O3. The van der Waals surface area contributed by atoms with Gasteiger partial charge in [-0.15, -0.1) is 0 Å². The lowest BCUT2D eigenvalue weighted by atomic mass is 10.1. The minimum Gasteiger partial charge on any atom is -0.505 e. The highest BCUT2D eigenvalue weighted by molar-refractivity contribution is 6.37. The number of phenolic OH excluding ortho intramolecular Hbond substituents is 1. The molecule has 2 amide bonds. The second-order valence-corrected chi connectivity index (χ2v) is 10.0. The molecule has 2 N–H and O–H groups in total. The predicted octanol–water partition coefficient (Wildman–Crippen LogP) is 4.34. The quantitative estimate of drug-likeness (QED) is 0.558. The highest BCUT2D eigenvalue weighted by Crippen LogP contribution is 2.35. The summed E-state index contributed by atoms with van der Waals surface area (Å²) in [6.45, 7) is 10.4. The molecule has 0 aliphatic carbocycles. The number of phenols is 1. The van der Waals surface area contributed by atoms with E-state index in [1.807, 2.05) is 16.7 Å². The number of halogens is 2. The second-order valence-electron chi connectivity index (χ2n) is 9.19. The van der Waals surface area contributed by atoms with E-state index in [1.165, 1.54) is 12.1 Å². The molecule has 2 fully saturated rings. The number of benzene rings is 2. The summed E-state index contributed by atoms with van der Waals surface area (Å²) in [5, 5.41) is 12.6. The minimum absolute atomic E-state index is 0.0791. The second kappa shape index (κ2) is 10.9. The molecule has 0 unspecified atom stereocenters. The molecule has 2 aliphatic heterocycles. The SMILES string of the molecule is C=C(C)c1ccc(N2CCN(C(=O)CN3CC[C@@H](C(=O)Nc4cc(Cl)c(O)c(Cl)c4)C3)CC2)cc1. The number of anilines is 2. The number of hydrogen-bond donors (Lipinski definition) is 2. The van der Waals surface area contributed by atoms with Crippen LogP contribution in [0.3, 0.4) is 0 Å². The smallest absolute Gasteiger partial charge is 0.236 e. The van der Waals surface area contributed by atoms with E-state index >= 15 is 0 Å². The summed E-state index contributed by atoms with van der Waals surface area (Å²) in [7, 11) is 0. The van der Waals surface area contributed by atoms with E-state index in [-0.39, 0.29) is 33.5 Å². The third kappa shape index (κ3) is 6.10. The molecule has 186 valence electrons. The summed E-state index contributed by atoms with van der Waals surface area (Å²) in [6, 6.07) is 11.3. The Bertz CT molecular complexity index is 1090. The average Bonchev–Trinajstić information content (AvgIpc) is 3.31. The molecule has 35 heavy (non-hydrogen) atoms. The molecule has 0 radical (unpaired) electrons. The highest BCUT2D eigenvalue weighted by Gasteiger charge is 2.31. The zero-order chi connectivity index (χ0) is 25.1. The number of nitrogens with one attached hydrogen (secondary N) is 1. The van der Waals surface area contributed by atoms with Gasteiger partial charge in [0.1, 0.15) is 0 Å². The van der Waals surface area contributed by atoms with Crippen molar-refractivity contribution in [3.8, 4) is 5.75 Å². The zero-order valence-corrected chi connectivity index (χ0v) is 21.3. The maximum atomic E-state index is 12.9. The van der Waals surface area contributed by atoms with Gasteiger partial charge in [-0.2, -0.15) is 0 Å². The van der Waals surface area contributed by atoms with E-state index in [2.05, 4.69) is 41.1 Å². The van der Waals surface area contributed by atoms with Crippen LogP contribution < -0.4 is 10.2 Å². The molecule has 9 heteroatoms. The lowest BCUT2D eigenvalue weighted by Crippen LogP contribution is -2.51. The van der Waals surface area contributed by atoms with Gasteiger partial charge in [0.2, 0.25) is 11.8 Å². The molecule has 2 aliphatic rings. The summed E-state index contributed by atoms with van der Waals surface area (Å²) in [4.78, 5) is 31.8. The largest absolute Gasteiger partial charge is 0.505 e. The van der Waals surface area contributed by atoms with Crippen LogP contribution in [0.15, 0.2) is 43.0 Å². The Hall–Kier alpha value is -2.74. The lowest BCUT2D eigenvalue weighted by molar-refractivity contribution is -0.132. The van der Waals surface area contributed by atoms with Crippen molar-refractivity contribution >= 4 is 52.0 Å². The van der Waals surface area contributed by atoms with E-state index < -0.39 is 0 Å². The Morgan fingerprint density at radius 2 is 1.69 bits per heavy atom. The normalized spacial score (nSPS) is 18.5. The molecule has 2 aromatic rings. The first-order valence-corrected chi connectivity index (χ1v) is 12.5. The molecule has 4 rings (SSSR count). The van der Waals surface area contributed by atoms with Crippen LogP contribution in [0.1, 0.15) is 18.9 Å². The molecule has 1 atom stereocenters. The van der Waals surface area contributed by atoms with Gasteiger partial charge in [-0.25, -0.2) is 0 Å². The average molecular weight is 517 g/mol. The maximum Gasteiger partial charge on any atom is 0.236 e. The molecular weight excluding hydrogens is 487 g/mol. The Labute approximate surface area is 215 Å². The molecule has 2 saturated heterocycles. The fourth-order valence-corrected chi connectivity index (χ4v) is 5.02. The van der Waals surface area contributed by atoms with Gasteiger partial charge in [-0.05, 0) is 49.7 Å². The third-order valence-electron chi connectivity index (χ3n) is 6.64. The number of allylic oxidation sites excluding steroid dienone is 1. The molecule has 0 spiro atoms. The lowest BCUT2D eigenvalue weighted by Gasteiger charge is -2.36. The van der Waals surface area contributed by atoms with Crippen molar-refractivity contribution in [3.63, 3.8) is 0 Å². The number of rotatable bonds is 6. The minimum atomic E-state index is -0.229. The van der Waals surface area contributed by atoms with Crippen LogP contribution in [0, 0.1) is 5.92 Å². The number of nitrogens with zero attached hydrogens (tertiary/aromatic N) is 3. The summed E-state index contributed by atoms with van der Waals surface area (Å²) in [6.07, 6.45) is 0.673. The number of carbonyl (C=O) groups is 2. The Morgan fingerprint density at radius 1 is 1.06 bits per heavy atom. The monoisotopic (exact) mass is 516 g/mol. The van der Waals surface area contributed by atoms with E-state index in [9.17, 15) is 14.7 Å². The van der Waals surface area contributed by atoms with E-state index in [0.717, 1.165) is 29.9 Å². The van der Waals surface area contributed by atoms with Crippen molar-refractivity contribution in [3.05, 3.63) is 58.6 Å². The van der Waals surface area contributed by atoms with E-state index in [4.69, 9.17) is 23.2 Å². The van der Waals surface area contributed by atoms with Gasteiger partial charge >= 0.3 is 0 Å². The Balaban J connectivity index is 1.23. The van der Waals surface area contributed by atoms with Crippen LogP contribution in [0.5, 0.6) is 5.75 Å². The number of aromatic hydroxyl groups is 1. The van der Waals surface area contributed by atoms with Gasteiger partial charge in [0, 0.05) is 44.1 Å². The van der Waals surface area contributed by atoms with Gasteiger partial charge in [-0.1, -0.05) is 47.5 Å². The van der Waals surface area contributed by atoms with Gasteiger partial charge in [-0.3, -0.25) is 14.5 Å². The Morgan fingerprint density at radius 3 is 2.29 bits per heavy atom. The fraction of sp³-hybridized carbons (Fsp3) is 0.385. The first-order valence-electron chi connectivity index (χ1n) is 11.7. The van der Waals surface area contributed by atoms with Crippen molar-refractivity contribution in [2.75, 3.05) is 56.0 Å². The first-order chi connectivity index (χ1) is 16.7. The van der Waals surface area contributed by atoms with Gasteiger partial charge in [0.25, 0.3) is 0 Å². The van der Waals surface area contributed by atoms with E-state index in [1.54, 1.807) is 0 Å². The molecule has 2 aromatic carbocycles. The summed E-state index contributed by atoms with van der Waals surface area (Å²) in [5.41, 5.74) is 3.77. The van der Waals surface area contributed by atoms with Crippen LogP contribution in [0.25, 0.3) is 5.57 Å². The van der Waals surface area contributed by atoms with Gasteiger partial charge in [0.15, 0.2) is 5.75 Å². The topological polar surface area (TPSA) is 76.1 Å². The van der Waals surface area contributed by atoms with Crippen LogP contribution in [0.2, 0.25) is 10.0 Å². The number of likely N-dealkylation sites (tertiary alicyclic amines) is 1. The summed E-state index contributed by atoms with van der Waals surface area (Å²) < 4.78 is 0. The van der Waals surface area contributed by atoms with Crippen LogP contribution in [0.4, 0.5) is 11.4 Å². The number of amides is 2. The van der Waals surface area contributed by atoms with Crippen molar-refractivity contribution in [1.29, 1.82) is 0 Å². The van der Waals surface area contributed by atoms with Crippen molar-refractivity contribution in [1.82, 2.24) is 9.80 Å². The number of piperazine rings is 1. The molecule has 0 bridgehead atoms. The summed E-state index contributed by atoms with van der Waals surface area (Å²) >= 11 is 11.9. The third-order valence-corrected chi connectivity index (χ3v) is 7.22. The van der Waals surface area contributed by atoms with Crippen LogP contribution in [-0.2, 0) is 9.59 Å². The highest BCUT2D eigenvalue weighted by atomic mass is 35.5. The van der Waals surface area contributed by atoms with Crippen LogP contribution >= 0.6 is 23.2 Å². The van der Waals surface area contributed by atoms with Crippen molar-refractivity contribution < 1.29 is 14.7 Å². The summed E-state index contributed by atoms with van der Waals surface area (Å²) in [5.74, 6) is -0.490. The van der Waals surface area contributed by atoms with E-state index in [0.29, 0.717) is 44.8 Å². The zero-order valence-electron chi connectivity index (χ0n) is 19.8. The van der Waals surface area contributed by atoms with Crippen molar-refractivity contribution in [2.45, 2.75) is 13.3 Å². The Kier molecular flexibility index (Phi) is 7.89. The fourth-order valence-electron chi connectivity index (χ4n) is 4.53. The van der Waals surface area contributed by atoms with Crippen LogP contribution in [-0.4, -0.2) is 72.5 Å². The molecule has 0 saturated carbocycles. The van der Waals surface area contributed by atoms with Crippen molar-refractivity contribution in [2.24, 2.45) is 5.92 Å². The number of hydrogen-bond acceptors (Lipinski definition) is 5. The number of carbonyl (C=O) groups excluding carboxylic acids is 2. The van der Waals surface area contributed by atoms with Gasteiger partial charge < -0.3 is 20.2 Å². The predicted molar refractivity (Wildman–Crippen MR) is 141 cm³/mol. The molecule has 0 aromatic heterocycles. The first kappa shape index (κ1) is 25.4. The van der Waals surface area contributed by atoms with Gasteiger partial charge in [0.05, 0.1) is 22.5 Å². The molecule has 2 heterocycles. The standard InChI is InChI=1S/C26H30Cl2N4O3/c1-17(2)18-3-5-21(6-4-18)31-9-11-32(12-10-31)24(33)16-30-8-7-19(15-30)26(35)29-20-13-22(27)25(34)23(28)14-20/h3-6,13-14,19,34H,1,7-12,15-16H2,2H3,(H,29,35)/t19-/m1/s1.